The summed E-state index contributed by atoms with van der Waals surface area (Å²) in [6.07, 6.45) is 1.07. The molecule has 1 aliphatic rings. The van der Waals surface area contributed by atoms with Crippen molar-refractivity contribution in [1.82, 2.24) is 14.9 Å². The predicted molar refractivity (Wildman–Crippen MR) is 108 cm³/mol. The van der Waals surface area contributed by atoms with E-state index >= 15 is 0 Å². The molecule has 1 fully saturated rings. The van der Waals surface area contributed by atoms with Crippen LogP contribution in [0.1, 0.15) is 24.3 Å². The molecule has 1 N–H and O–H groups in total. The van der Waals surface area contributed by atoms with Crippen LogP contribution in [-0.2, 0) is 4.74 Å². The smallest absolute Gasteiger partial charge is 0.409 e. The molecule has 0 aliphatic carbocycles. The third-order valence-electron chi connectivity index (χ3n) is 4.44. The summed E-state index contributed by atoms with van der Waals surface area (Å²) < 4.78 is 10.4. The van der Waals surface area contributed by atoms with Crippen molar-refractivity contribution in [2.45, 2.75) is 13.8 Å². The van der Waals surface area contributed by atoms with Crippen molar-refractivity contribution in [2.24, 2.45) is 0 Å². The zero-order valence-electron chi connectivity index (χ0n) is 16.6. The van der Waals surface area contributed by atoms with Gasteiger partial charge in [0.05, 0.1) is 13.2 Å². The number of carbonyl (C=O) groups is 2. The fourth-order valence-electron chi connectivity index (χ4n) is 2.97. The first kappa shape index (κ1) is 20.4. The fourth-order valence-corrected chi connectivity index (χ4v) is 2.97. The maximum Gasteiger partial charge on any atom is 0.409 e. The van der Waals surface area contributed by atoms with Gasteiger partial charge in [-0.15, -0.1) is 0 Å². The molecular weight excluding hydrogens is 374 g/mol. The summed E-state index contributed by atoms with van der Waals surface area (Å²) in [4.78, 5) is 36.4. The maximum atomic E-state index is 12.6. The minimum absolute atomic E-state index is 0.275. The normalized spacial score (nSPS) is 13.7. The molecule has 2 aromatic rings. The van der Waals surface area contributed by atoms with Crippen molar-refractivity contribution in [3.05, 3.63) is 42.4 Å². The zero-order chi connectivity index (χ0) is 20.6. The highest BCUT2D eigenvalue weighted by atomic mass is 16.6. The molecule has 0 saturated carbocycles. The summed E-state index contributed by atoms with van der Waals surface area (Å²) in [6, 6.07) is 8.81. The van der Waals surface area contributed by atoms with Gasteiger partial charge >= 0.3 is 6.09 Å². The Bertz CT molecular complexity index is 835. The summed E-state index contributed by atoms with van der Waals surface area (Å²) in [6.45, 7) is 6.94. The molecule has 154 valence electrons. The highest BCUT2D eigenvalue weighted by Crippen LogP contribution is 2.18. The number of nitrogens with zero attached hydrogens (tertiary/aromatic N) is 4. The number of anilines is 2. The van der Waals surface area contributed by atoms with Crippen LogP contribution in [0.25, 0.3) is 0 Å². The number of hydrogen-bond donors (Lipinski definition) is 1. The van der Waals surface area contributed by atoms with Crippen LogP contribution in [0, 0.1) is 0 Å². The Kier molecular flexibility index (Phi) is 6.83. The number of rotatable bonds is 6. The van der Waals surface area contributed by atoms with Crippen LogP contribution in [0.2, 0.25) is 0 Å². The molecule has 3 rings (SSSR count). The molecule has 29 heavy (non-hydrogen) atoms. The average Bonchev–Trinajstić information content (AvgIpc) is 2.76. The van der Waals surface area contributed by atoms with Gasteiger partial charge in [0, 0.05) is 37.9 Å². The van der Waals surface area contributed by atoms with E-state index in [-0.39, 0.29) is 17.7 Å². The van der Waals surface area contributed by atoms with E-state index in [0.717, 1.165) is 5.75 Å². The Morgan fingerprint density at radius 2 is 1.76 bits per heavy atom. The number of amides is 2. The summed E-state index contributed by atoms with van der Waals surface area (Å²) in [5.41, 5.74) is 0.929. The number of aromatic nitrogens is 2. The standard InChI is InChI=1S/C20H25N5O4/c1-3-28-16-7-5-15(6-8-16)23-19(26)17-13-18(22-14-21-17)24-9-11-25(12-10-24)20(27)29-4-2/h5-8,13-14H,3-4,9-12H2,1-2H3,(H,23,26). The average molecular weight is 399 g/mol. The topological polar surface area (TPSA) is 96.9 Å². The van der Waals surface area contributed by atoms with Crippen LogP contribution in [0.5, 0.6) is 5.75 Å². The first-order chi connectivity index (χ1) is 14.1. The molecule has 0 bridgehead atoms. The van der Waals surface area contributed by atoms with Crippen molar-refractivity contribution in [1.29, 1.82) is 0 Å². The van der Waals surface area contributed by atoms with Crippen molar-refractivity contribution in [3.8, 4) is 5.75 Å². The van der Waals surface area contributed by atoms with Gasteiger partial charge in [0.25, 0.3) is 5.91 Å². The van der Waals surface area contributed by atoms with Gasteiger partial charge in [-0.2, -0.15) is 0 Å². The fraction of sp³-hybridized carbons (Fsp3) is 0.400. The van der Waals surface area contributed by atoms with E-state index in [1.807, 2.05) is 11.8 Å². The summed E-state index contributed by atoms with van der Waals surface area (Å²) in [7, 11) is 0. The van der Waals surface area contributed by atoms with Crippen molar-refractivity contribution in [2.75, 3.05) is 49.6 Å². The van der Waals surface area contributed by atoms with Crippen LogP contribution in [0.15, 0.2) is 36.7 Å². The second kappa shape index (κ2) is 9.72. The van der Waals surface area contributed by atoms with Gasteiger partial charge in [0.2, 0.25) is 0 Å². The molecule has 1 aromatic heterocycles. The van der Waals surface area contributed by atoms with Crippen LogP contribution in [0.3, 0.4) is 0 Å². The van der Waals surface area contributed by atoms with Crippen LogP contribution in [0.4, 0.5) is 16.3 Å². The molecule has 2 amide bonds. The number of nitrogens with one attached hydrogen (secondary N) is 1. The van der Waals surface area contributed by atoms with Gasteiger partial charge in [-0.25, -0.2) is 14.8 Å². The molecule has 0 atom stereocenters. The number of benzene rings is 1. The third kappa shape index (κ3) is 5.34. The lowest BCUT2D eigenvalue weighted by Gasteiger charge is -2.34. The highest BCUT2D eigenvalue weighted by molar-refractivity contribution is 6.03. The molecule has 1 saturated heterocycles. The van der Waals surface area contributed by atoms with E-state index < -0.39 is 0 Å². The lowest BCUT2D eigenvalue weighted by atomic mass is 10.2. The summed E-state index contributed by atoms with van der Waals surface area (Å²) in [5, 5.41) is 2.82. The first-order valence-electron chi connectivity index (χ1n) is 9.63. The van der Waals surface area contributed by atoms with Gasteiger partial charge in [-0.05, 0) is 38.1 Å². The van der Waals surface area contributed by atoms with E-state index in [1.165, 1.54) is 6.33 Å². The monoisotopic (exact) mass is 399 g/mol. The molecule has 0 unspecified atom stereocenters. The Balaban J connectivity index is 1.60. The van der Waals surface area contributed by atoms with Gasteiger partial charge < -0.3 is 24.6 Å². The highest BCUT2D eigenvalue weighted by Gasteiger charge is 2.23. The largest absolute Gasteiger partial charge is 0.494 e. The molecular formula is C20H25N5O4. The Morgan fingerprint density at radius 3 is 2.41 bits per heavy atom. The van der Waals surface area contributed by atoms with E-state index in [1.54, 1.807) is 42.2 Å². The number of piperazine rings is 1. The number of hydrogen-bond acceptors (Lipinski definition) is 7. The summed E-state index contributed by atoms with van der Waals surface area (Å²) >= 11 is 0. The minimum atomic E-state index is -0.317. The Labute approximate surface area is 169 Å². The molecule has 2 heterocycles. The minimum Gasteiger partial charge on any atom is -0.494 e. The quantitative estimate of drug-likeness (QED) is 0.797. The Hall–Kier alpha value is -3.36. The van der Waals surface area contributed by atoms with E-state index in [2.05, 4.69) is 15.3 Å². The van der Waals surface area contributed by atoms with Crippen molar-refractivity contribution >= 4 is 23.5 Å². The van der Waals surface area contributed by atoms with Crippen molar-refractivity contribution < 1.29 is 19.1 Å². The molecule has 0 spiro atoms. The molecule has 9 nitrogen and oxygen atoms in total. The van der Waals surface area contributed by atoms with Crippen LogP contribution < -0.4 is 15.0 Å². The predicted octanol–water partition coefficient (Wildman–Crippen LogP) is 2.41. The first-order valence-corrected chi connectivity index (χ1v) is 9.63. The summed E-state index contributed by atoms with van der Waals surface area (Å²) in [5.74, 6) is 1.08. The number of ether oxygens (including phenoxy) is 2. The maximum absolute atomic E-state index is 12.6. The van der Waals surface area contributed by atoms with Gasteiger partial charge in [-0.1, -0.05) is 0 Å². The SMILES string of the molecule is CCOC(=O)N1CCN(c2cc(C(=O)Nc3ccc(OCC)cc3)ncn2)CC1. The molecule has 1 aromatic carbocycles. The second-order valence-electron chi connectivity index (χ2n) is 6.35. The lowest BCUT2D eigenvalue weighted by Crippen LogP contribution is -2.49. The zero-order valence-corrected chi connectivity index (χ0v) is 16.6. The van der Waals surface area contributed by atoms with E-state index in [0.29, 0.717) is 50.9 Å². The van der Waals surface area contributed by atoms with Gasteiger partial charge in [-0.3, -0.25) is 4.79 Å². The van der Waals surface area contributed by atoms with E-state index in [9.17, 15) is 9.59 Å². The Morgan fingerprint density at radius 1 is 1.03 bits per heavy atom. The number of carbonyl (C=O) groups excluding carboxylic acids is 2. The second-order valence-corrected chi connectivity index (χ2v) is 6.35. The van der Waals surface area contributed by atoms with Crippen LogP contribution >= 0.6 is 0 Å². The van der Waals surface area contributed by atoms with Crippen LogP contribution in [-0.4, -0.2) is 66.3 Å². The molecule has 0 radical (unpaired) electrons. The third-order valence-corrected chi connectivity index (χ3v) is 4.44. The molecule has 1 aliphatic heterocycles. The van der Waals surface area contributed by atoms with Gasteiger partial charge in [0.15, 0.2) is 0 Å². The molecule has 9 heteroatoms. The van der Waals surface area contributed by atoms with E-state index in [4.69, 9.17) is 9.47 Å². The van der Waals surface area contributed by atoms with Gasteiger partial charge in [0.1, 0.15) is 23.6 Å². The lowest BCUT2D eigenvalue weighted by molar-refractivity contribution is 0.102. The van der Waals surface area contributed by atoms with Crippen molar-refractivity contribution in [3.63, 3.8) is 0 Å².